The van der Waals surface area contributed by atoms with Gasteiger partial charge in [0.15, 0.2) is 0 Å². The molecule has 0 aliphatic heterocycles. The lowest BCUT2D eigenvalue weighted by Crippen LogP contribution is -2.53. The lowest BCUT2D eigenvalue weighted by atomic mass is 10.0. The van der Waals surface area contributed by atoms with E-state index in [1.807, 2.05) is 30.3 Å². The van der Waals surface area contributed by atoms with Crippen LogP contribution < -0.4 is 14.4 Å². The van der Waals surface area contributed by atoms with Gasteiger partial charge in [-0.15, -0.1) is 0 Å². The molecule has 0 radical (unpaired) electrons. The first kappa shape index (κ1) is 31.2. The summed E-state index contributed by atoms with van der Waals surface area (Å²) in [4.78, 5) is 29.2. The van der Waals surface area contributed by atoms with E-state index in [1.54, 1.807) is 49.4 Å². The van der Waals surface area contributed by atoms with Crippen molar-refractivity contribution in [3.05, 3.63) is 126 Å². The number of sulfonamides is 1. The van der Waals surface area contributed by atoms with Crippen LogP contribution >= 0.6 is 0 Å². The number of nitrogens with one attached hydrogen (secondary N) is 1. The molecule has 224 valence electrons. The van der Waals surface area contributed by atoms with Crippen molar-refractivity contribution in [1.29, 1.82) is 0 Å². The zero-order valence-corrected chi connectivity index (χ0v) is 24.8. The molecule has 0 aromatic heterocycles. The average Bonchev–Trinajstić information content (AvgIpc) is 3.03. The molecule has 4 rings (SSSR count). The molecule has 43 heavy (non-hydrogen) atoms. The third kappa shape index (κ3) is 7.98. The highest BCUT2D eigenvalue weighted by molar-refractivity contribution is 7.92. The topological polar surface area (TPSA) is 96.0 Å². The van der Waals surface area contributed by atoms with Crippen LogP contribution in [0.2, 0.25) is 0 Å². The van der Waals surface area contributed by atoms with Crippen molar-refractivity contribution in [3.63, 3.8) is 0 Å². The zero-order chi connectivity index (χ0) is 30.8. The number of likely N-dealkylation sites (N-methyl/N-ethyl adjacent to an activating group) is 1. The molecule has 0 saturated heterocycles. The Morgan fingerprint density at radius 2 is 1.49 bits per heavy atom. The molecule has 0 bridgehead atoms. The van der Waals surface area contributed by atoms with Gasteiger partial charge in [0.2, 0.25) is 11.8 Å². The lowest BCUT2D eigenvalue weighted by molar-refractivity contribution is -0.140. The maximum Gasteiger partial charge on any atom is 0.264 e. The minimum atomic E-state index is -4.25. The molecule has 0 saturated carbocycles. The number of halogens is 1. The predicted octanol–water partition coefficient (Wildman–Crippen LogP) is 4.81. The quantitative estimate of drug-likeness (QED) is 0.237. The summed E-state index contributed by atoms with van der Waals surface area (Å²) in [6.07, 6.45) is 0.199. The molecule has 0 aliphatic rings. The fourth-order valence-corrected chi connectivity index (χ4v) is 6.10. The van der Waals surface area contributed by atoms with Crippen LogP contribution in [0.3, 0.4) is 0 Å². The van der Waals surface area contributed by atoms with Crippen molar-refractivity contribution < 1.29 is 27.1 Å². The third-order valence-corrected chi connectivity index (χ3v) is 8.62. The number of hydrogen-bond donors (Lipinski definition) is 1. The van der Waals surface area contributed by atoms with Gasteiger partial charge >= 0.3 is 0 Å². The summed E-state index contributed by atoms with van der Waals surface area (Å²) in [5.41, 5.74) is 1.63. The molecule has 8 nitrogen and oxygen atoms in total. The maximum atomic E-state index is 14.3. The molecular weight excluding hydrogens is 569 g/mol. The number of anilines is 1. The van der Waals surface area contributed by atoms with Gasteiger partial charge in [0.05, 0.1) is 17.7 Å². The number of benzene rings is 4. The van der Waals surface area contributed by atoms with Gasteiger partial charge < -0.3 is 15.0 Å². The molecule has 0 heterocycles. The first-order valence-corrected chi connectivity index (χ1v) is 15.2. The van der Waals surface area contributed by atoms with Crippen LogP contribution in [0.1, 0.15) is 18.1 Å². The van der Waals surface area contributed by atoms with Gasteiger partial charge in [0, 0.05) is 19.5 Å². The number of amides is 2. The molecule has 0 spiro atoms. The van der Waals surface area contributed by atoms with E-state index < -0.39 is 34.3 Å². The fraction of sp³-hybridized carbons (Fsp3) is 0.212. The van der Waals surface area contributed by atoms with Gasteiger partial charge in [0.1, 0.15) is 24.2 Å². The second-order valence-corrected chi connectivity index (χ2v) is 11.6. The number of carbonyl (C=O) groups is 2. The Morgan fingerprint density at radius 3 is 2.12 bits per heavy atom. The first-order chi connectivity index (χ1) is 20.7. The van der Waals surface area contributed by atoms with Crippen LogP contribution in [0.25, 0.3) is 0 Å². The van der Waals surface area contributed by atoms with Gasteiger partial charge in [-0.1, -0.05) is 60.7 Å². The normalized spacial score (nSPS) is 11.8. The van der Waals surface area contributed by atoms with Crippen molar-refractivity contribution in [2.45, 2.75) is 30.8 Å². The smallest absolute Gasteiger partial charge is 0.264 e. The molecular formula is C33H34FN3O5S. The standard InChI is InChI=1S/C33H34FN3O5S/c1-3-35-33(39)31(22-25-11-6-4-7-12-25)36(23-26-13-10-14-29(21-26)42-2)32(38)24-37(28-19-17-27(34)18-20-28)43(40,41)30-15-8-5-9-16-30/h4-21,31H,3,22-24H2,1-2H3,(H,35,39)/t31-/m0/s1. The number of nitrogens with zero attached hydrogens (tertiary/aromatic N) is 2. The van der Waals surface area contributed by atoms with E-state index >= 15 is 0 Å². The summed E-state index contributed by atoms with van der Waals surface area (Å²) in [6, 6.07) is 28.0. The number of hydrogen-bond acceptors (Lipinski definition) is 5. The van der Waals surface area contributed by atoms with Gasteiger partial charge in [-0.25, -0.2) is 12.8 Å². The van der Waals surface area contributed by atoms with Crippen LogP contribution in [0.15, 0.2) is 114 Å². The minimum Gasteiger partial charge on any atom is -0.497 e. The summed E-state index contributed by atoms with van der Waals surface area (Å²) in [6.45, 7) is 1.51. The monoisotopic (exact) mass is 603 g/mol. The summed E-state index contributed by atoms with van der Waals surface area (Å²) in [5, 5.41) is 2.83. The molecule has 0 fully saturated rings. The number of carbonyl (C=O) groups excluding carboxylic acids is 2. The van der Waals surface area contributed by atoms with Crippen molar-refractivity contribution in [1.82, 2.24) is 10.2 Å². The largest absolute Gasteiger partial charge is 0.497 e. The van der Waals surface area contributed by atoms with Crippen LogP contribution in [0.4, 0.5) is 10.1 Å². The Morgan fingerprint density at radius 1 is 0.860 bits per heavy atom. The van der Waals surface area contributed by atoms with E-state index in [9.17, 15) is 22.4 Å². The summed E-state index contributed by atoms with van der Waals surface area (Å²) < 4.78 is 47.9. The zero-order valence-electron chi connectivity index (χ0n) is 24.0. The molecule has 0 unspecified atom stereocenters. The molecule has 2 amide bonds. The Balaban J connectivity index is 1.79. The Bertz CT molecular complexity index is 1620. The summed E-state index contributed by atoms with van der Waals surface area (Å²) in [7, 11) is -2.72. The molecule has 4 aromatic carbocycles. The van der Waals surface area contributed by atoms with E-state index in [-0.39, 0.29) is 29.5 Å². The fourth-order valence-electron chi connectivity index (χ4n) is 4.67. The second kappa shape index (κ2) is 14.5. The van der Waals surface area contributed by atoms with E-state index in [0.717, 1.165) is 22.0 Å². The van der Waals surface area contributed by atoms with Crippen LogP contribution in [-0.4, -0.2) is 51.4 Å². The Kier molecular flexibility index (Phi) is 10.5. The Labute approximate surface area is 251 Å². The highest BCUT2D eigenvalue weighted by Gasteiger charge is 2.34. The Hall–Kier alpha value is -4.70. The maximum absolute atomic E-state index is 14.3. The predicted molar refractivity (Wildman–Crippen MR) is 164 cm³/mol. The summed E-state index contributed by atoms with van der Waals surface area (Å²) in [5.74, 6) is -0.964. The van der Waals surface area contributed by atoms with Crippen molar-refractivity contribution in [3.8, 4) is 5.75 Å². The number of methoxy groups -OCH3 is 1. The highest BCUT2D eigenvalue weighted by Crippen LogP contribution is 2.25. The van der Waals surface area contributed by atoms with E-state index in [1.165, 1.54) is 36.3 Å². The highest BCUT2D eigenvalue weighted by atomic mass is 32.2. The lowest BCUT2D eigenvalue weighted by Gasteiger charge is -2.34. The number of rotatable bonds is 13. The second-order valence-electron chi connectivity index (χ2n) is 9.77. The van der Waals surface area contributed by atoms with E-state index in [0.29, 0.717) is 17.9 Å². The van der Waals surface area contributed by atoms with Crippen molar-refractivity contribution in [2.24, 2.45) is 0 Å². The minimum absolute atomic E-state index is 0.00725. The van der Waals surface area contributed by atoms with Gasteiger partial charge in [-0.3, -0.25) is 13.9 Å². The molecule has 4 aromatic rings. The average molecular weight is 604 g/mol. The van der Waals surface area contributed by atoms with Gasteiger partial charge in [-0.05, 0) is 66.6 Å². The van der Waals surface area contributed by atoms with Gasteiger partial charge in [0.25, 0.3) is 10.0 Å². The van der Waals surface area contributed by atoms with Crippen molar-refractivity contribution in [2.75, 3.05) is 24.5 Å². The molecule has 10 heteroatoms. The van der Waals surface area contributed by atoms with Crippen LogP contribution in [0, 0.1) is 5.82 Å². The molecule has 0 aliphatic carbocycles. The van der Waals surface area contributed by atoms with Crippen molar-refractivity contribution >= 4 is 27.5 Å². The molecule has 1 atom stereocenters. The third-order valence-electron chi connectivity index (χ3n) is 6.83. The van der Waals surface area contributed by atoms with E-state index in [4.69, 9.17) is 4.74 Å². The van der Waals surface area contributed by atoms with Crippen LogP contribution in [0.5, 0.6) is 5.75 Å². The first-order valence-electron chi connectivity index (χ1n) is 13.8. The van der Waals surface area contributed by atoms with Gasteiger partial charge in [-0.2, -0.15) is 0 Å². The van der Waals surface area contributed by atoms with Crippen LogP contribution in [-0.2, 0) is 32.6 Å². The SMILES string of the molecule is CCNC(=O)[C@H](Cc1ccccc1)N(Cc1cccc(OC)c1)C(=O)CN(c1ccc(F)cc1)S(=O)(=O)c1ccccc1. The molecule has 1 N–H and O–H groups in total. The van der Waals surface area contributed by atoms with E-state index in [2.05, 4.69) is 5.32 Å². The number of ether oxygens (including phenoxy) is 1. The summed E-state index contributed by atoms with van der Waals surface area (Å²) >= 11 is 0.